The summed E-state index contributed by atoms with van der Waals surface area (Å²) in [6.45, 7) is 0. The lowest BCUT2D eigenvalue weighted by Crippen LogP contribution is -2.14. The van der Waals surface area contributed by atoms with Crippen LogP contribution in [0.2, 0.25) is 0 Å². The van der Waals surface area contributed by atoms with E-state index in [1.807, 2.05) is 48.6 Å². The molecule has 27 heavy (non-hydrogen) atoms. The number of aryl methyl sites for hydroxylation is 1. The fourth-order valence-electron chi connectivity index (χ4n) is 3.88. The van der Waals surface area contributed by atoms with Crippen LogP contribution in [0.25, 0.3) is 27.9 Å². The van der Waals surface area contributed by atoms with Gasteiger partial charge in [0.1, 0.15) is 17.1 Å². The van der Waals surface area contributed by atoms with Gasteiger partial charge < -0.3 is 9.30 Å². The third kappa shape index (κ3) is 2.45. The van der Waals surface area contributed by atoms with Gasteiger partial charge in [0.2, 0.25) is 0 Å². The van der Waals surface area contributed by atoms with Crippen molar-refractivity contribution < 1.29 is 4.74 Å². The van der Waals surface area contributed by atoms with Gasteiger partial charge in [-0.05, 0) is 18.9 Å². The van der Waals surface area contributed by atoms with Gasteiger partial charge in [-0.1, -0.05) is 6.42 Å². The molecule has 1 aliphatic carbocycles. The summed E-state index contributed by atoms with van der Waals surface area (Å²) in [5.74, 6) is 2.54. The molecule has 0 aliphatic heterocycles. The Labute approximate surface area is 157 Å². The van der Waals surface area contributed by atoms with Crippen LogP contribution in [-0.4, -0.2) is 36.1 Å². The standard InChI is InChI=1S/C20H22N6O/c1-24-11-15(8-22-24)14-7-18(27-3)19-16(9-23-26(19)12-14)17-10-21-20(25(17)2)13-5-4-6-13/h7-13H,4-6H2,1-3H3. The van der Waals surface area contributed by atoms with Crippen LogP contribution in [0.1, 0.15) is 31.0 Å². The molecule has 0 atom stereocenters. The minimum atomic E-state index is 0.588. The zero-order valence-corrected chi connectivity index (χ0v) is 15.8. The molecule has 0 aromatic carbocycles. The second-order valence-corrected chi connectivity index (χ2v) is 7.24. The zero-order chi connectivity index (χ0) is 18.5. The fraction of sp³-hybridized carbons (Fsp3) is 0.350. The van der Waals surface area contributed by atoms with Crippen molar-refractivity contribution in [2.24, 2.45) is 14.1 Å². The van der Waals surface area contributed by atoms with Crippen LogP contribution >= 0.6 is 0 Å². The van der Waals surface area contributed by atoms with Crippen LogP contribution < -0.4 is 4.74 Å². The Balaban J connectivity index is 1.65. The molecule has 1 aliphatic rings. The Morgan fingerprint density at radius 1 is 1.04 bits per heavy atom. The SMILES string of the molecule is COc1cc(-c2cnn(C)c2)cn2ncc(-c3cnc(C4CCC4)n3C)c12. The second-order valence-electron chi connectivity index (χ2n) is 7.24. The highest BCUT2D eigenvalue weighted by atomic mass is 16.5. The molecule has 0 bridgehead atoms. The molecule has 138 valence electrons. The molecule has 4 heterocycles. The highest BCUT2D eigenvalue weighted by molar-refractivity contribution is 5.85. The molecule has 7 heteroatoms. The van der Waals surface area contributed by atoms with Gasteiger partial charge in [0, 0.05) is 49.1 Å². The molecule has 0 N–H and O–H groups in total. The van der Waals surface area contributed by atoms with E-state index in [9.17, 15) is 0 Å². The van der Waals surface area contributed by atoms with Crippen molar-refractivity contribution in [3.05, 3.63) is 42.9 Å². The van der Waals surface area contributed by atoms with Crippen LogP contribution in [0.4, 0.5) is 0 Å². The molecule has 0 radical (unpaired) electrons. The largest absolute Gasteiger partial charge is 0.494 e. The van der Waals surface area contributed by atoms with E-state index < -0.39 is 0 Å². The molecule has 4 aromatic heterocycles. The van der Waals surface area contributed by atoms with Crippen LogP contribution in [0.3, 0.4) is 0 Å². The number of nitrogens with zero attached hydrogens (tertiary/aromatic N) is 6. The van der Waals surface area contributed by atoms with Gasteiger partial charge in [-0.2, -0.15) is 10.2 Å². The third-order valence-corrected chi connectivity index (χ3v) is 5.61. The molecule has 0 unspecified atom stereocenters. The summed E-state index contributed by atoms with van der Waals surface area (Å²) in [7, 11) is 5.70. The number of ether oxygens (including phenoxy) is 1. The normalized spacial score (nSPS) is 14.6. The highest BCUT2D eigenvalue weighted by Gasteiger charge is 2.25. The number of rotatable bonds is 4. The topological polar surface area (TPSA) is 62.2 Å². The number of methoxy groups -OCH3 is 1. The summed E-state index contributed by atoms with van der Waals surface area (Å²) in [6, 6.07) is 2.04. The summed E-state index contributed by atoms with van der Waals surface area (Å²) < 4.78 is 11.6. The van der Waals surface area contributed by atoms with Crippen molar-refractivity contribution in [1.82, 2.24) is 28.9 Å². The molecular formula is C20H22N6O. The number of imidazole rings is 1. The number of pyridine rings is 1. The van der Waals surface area contributed by atoms with Gasteiger partial charge in [0.05, 0.1) is 31.4 Å². The summed E-state index contributed by atoms with van der Waals surface area (Å²) >= 11 is 0. The van der Waals surface area contributed by atoms with Crippen molar-refractivity contribution >= 4 is 5.52 Å². The van der Waals surface area contributed by atoms with Gasteiger partial charge in [-0.3, -0.25) is 4.68 Å². The summed E-state index contributed by atoms with van der Waals surface area (Å²) in [5.41, 5.74) is 5.10. The lowest BCUT2D eigenvalue weighted by atomic mass is 9.85. The van der Waals surface area contributed by atoms with Crippen molar-refractivity contribution in [3.8, 4) is 28.1 Å². The van der Waals surface area contributed by atoms with Crippen LogP contribution in [0, 0.1) is 0 Å². The maximum atomic E-state index is 5.73. The first-order valence-corrected chi connectivity index (χ1v) is 9.22. The van der Waals surface area contributed by atoms with Crippen molar-refractivity contribution in [2.45, 2.75) is 25.2 Å². The summed E-state index contributed by atoms with van der Waals surface area (Å²) in [5, 5.41) is 8.85. The predicted octanol–water partition coefficient (Wildman–Crippen LogP) is 3.41. The summed E-state index contributed by atoms with van der Waals surface area (Å²) in [6.07, 6.45) is 13.5. The van der Waals surface area contributed by atoms with E-state index in [2.05, 4.69) is 21.8 Å². The maximum absolute atomic E-state index is 5.73. The van der Waals surface area contributed by atoms with E-state index in [0.29, 0.717) is 5.92 Å². The molecule has 0 saturated heterocycles. The van der Waals surface area contributed by atoms with Crippen LogP contribution in [0.5, 0.6) is 5.75 Å². The Kier molecular flexibility index (Phi) is 3.56. The molecule has 4 aromatic rings. The van der Waals surface area contributed by atoms with Gasteiger partial charge in [-0.25, -0.2) is 9.50 Å². The summed E-state index contributed by atoms with van der Waals surface area (Å²) in [4.78, 5) is 4.70. The Morgan fingerprint density at radius 2 is 1.89 bits per heavy atom. The molecule has 7 nitrogen and oxygen atoms in total. The van der Waals surface area contributed by atoms with E-state index in [0.717, 1.165) is 33.7 Å². The van der Waals surface area contributed by atoms with Crippen molar-refractivity contribution in [3.63, 3.8) is 0 Å². The number of hydrogen-bond donors (Lipinski definition) is 0. The van der Waals surface area contributed by atoms with E-state index >= 15 is 0 Å². The monoisotopic (exact) mass is 362 g/mol. The quantitative estimate of drug-likeness (QED) is 0.558. The van der Waals surface area contributed by atoms with E-state index in [-0.39, 0.29) is 0 Å². The number of fused-ring (bicyclic) bond motifs is 1. The Bertz CT molecular complexity index is 1130. The van der Waals surface area contributed by atoms with E-state index in [1.165, 1.54) is 25.1 Å². The van der Waals surface area contributed by atoms with Gasteiger partial charge in [-0.15, -0.1) is 0 Å². The second kappa shape index (κ2) is 5.97. The lowest BCUT2D eigenvalue weighted by molar-refractivity contribution is 0.393. The first-order chi connectivity index (χ1) is 13.2. The number of aromatic nitrogens is 6. The smallest absolute Gasteiger partial charge is 0.145 e. The molecule has 1 fully saturated rings. The molecule has 5 rings (SSSR count). The molecule has 0 spiro atoms. The minimum Gasteiger partial charge on any atom is -0.494 e. The van der Waals surface area contributed by atoms with E-state index in [1.54, 1.807) is 11.8 Å². The average Bonchev–Trinajstić information content (AvgIpc) is 3.32. The number of hydrogen-bond acceptors (Lipinski definition) is 4. The molecule has 1 saturated carbocycles. The first-order valence-electron chi connectivity index (χ1n) is 9.22. The van der Waals surface area contributed by atoms with Gasteiger partial charge >= 0.3 is 0 Å². The lowest BCUT2D eigenvalue weighted by Gasteiger charge is -2.24. The fourth-order valence-corrected chi connectivity index (χ4v) is 3.88. The molecular weight excluding hydrogens is 340 g/mol. The van der Waals surface area contributed by atoms with Crippen LogP contribution in [-0.2, 0) is 14.1 Å². The average molecular weight is 362 g/mol. The van der Waals surface area contributed by atoms with E-state index in [4.69, 9.17) is 9.72 Å². The maximum Gasteiger partial charge on any atom is 0.145 e. The highest BCUT2D eigenvalue weighted by Crippen LogP contribution is 2.39. The predicted molar refractivity (Wildman–Crippen MR) is 103 cm³/mol. The van der Waals surface area contributed by atoms with Crippen molar-refractivity contribution in [2.75, 3.05) is 7.11 Å². The first kappa shape index (κ1) is 16.1. The van der Waals surface area contributed by atoms with Gasteiger partial charge in [0.15, 0.2) is 0 Å². The third-order valence-electron chi connectivity index (χ3n) is 5.61. The zero-order valence-electron chi connectivity index (χ0n) is 15.8. The van der Waals surface area contributed by atoms with Crippen molar-refractivity contribution in [1.29, 1.82) is 0 Å². The Hall–Kier alpha value is -3.09. The van der Waals surface area contributed by atoms with Gasteiger partial charge in [0.25, 0.3) is 0 Å². The minimum absolute atomic E-state index is 0.588. The van der Waals surface area contributed by atoms with Crippen LogP contribution in [0.15, 0.2) is 37.1 Å². The molecule has 0 amide bonds. The Morgan fingerprint density at radius 3 is 2.56 bits per heavy atom.